The van der Waals surface area contributed by atoms with Gasteiger partial charge in [-0.2, -0.15) is 15.0 Å². The molecular formula is C10H16N8O. The van der Waals surface area contributed by atoms with Gasteiger partial charge in [0.15, 0.2) is 0 Å². The number of methoxy groups -OCH3 is 1. The van der Waals surface area contributed by atoms with Crippen molar-refractivity contribution in [2.24, 2.45) is 5.84 Å². The van der Waals surface area contributed by atoms with Crippen LogP contribution in [0.3, 0.4) is 0 Å². The SMILES string of the molecule is COc1nc(NN)nc(NCCCn2ccnc2)n1. The number of nitrogen functional groups attached to an aromatic ring is 1. The third-order valence-electron chi connectivity index (χ3n) is 2.36. The number of ether oxygens (including phenoxy) is 1. The topological polar surface area (TPSA) is 116 Å². The number of aromatic nitrogens is 5. The van der Waals surface area contributed by atoms with E-state index in [4.69, 9.17) is 10.6 Å². The minimum Gasteiger partial charge on any atom is -0.467 e. The summed E-state index contributed by atoms with van der Waals surface area (Å²) < 4.78 is 6.95. The number of hydrogen-bond acceptors (Lipinski definition) is 8. The van der Waals surface area contributed by atoms with Crippen LogP contribution in [0, 0.1) is 0 Å². The summed E-state index contributed by atoms with van der Waals surface area (Å²) >= 11 is 0. The molecule has 0 aromatic carbocycles. The van der Waals surface area contributed by atoms with Crippen LogP contribution < -0.4 is 21.3 Å². The summed E-state index contributed by atoms with van der Waals surface area (Å²) in [4.78, 5) is 16.0. The van der Waals surface area contributed by atoms with Crippen molar-refractivity contribution in [2.75, 3.05) is 24.4 Å². The van der Waals surface area contributed by atoms with Gasteiger partial charge in [-0.25, -0.2) is 10.8 Å². The summed E-state index contributed by atoms with van der Waals surface area (Å²) in [5, 5.41) is 3.08. The zero-order valence-corrected chi connectivity index (χ0v) is 10.6. The average Bonchev–Trinajstić information content (AvgIpc) is 2.96. The molecule has 0 radical (unpaired) electrons. The summed E-state index contributed by atoms with van der Waals surface area (Å²) in [7, 11) is 1.48. The van der Waals surface area contributed by atoms with Crippen LogP contribution in [-0.4, -0.2) is 38.2 Å². The highest BCUT2D eigenvalue weighted by Gasteiger charge is 2.04. The largest absolute Gasteiger partial charge is 0.467 e. The Morgan fingerprint density at radius 1 is 1.32 bits per heavy atom. The normalized spacial score (nSPS) is 10.2. The van der Waals surface area contributed by atoms with Gasteiger partial charge < -0.3 is 14.6 Å². The molecule has 19 heavy (non-hydrogen) atoms. The molecule has 2 rings (SSSR count). The summed E-state index contributed by atoms with van der Waals surface area (Å²) in [6, 6.07) is 0.208. The number of nitrogens with zero attached hydrogens (tertiary/aromatic N) is 5. The van der Waals surface area contributed by atoms with E-state index in [2.05, 4.69) is 30.7 Å². The minimum absolute atomic E-state index is 0.208. The number of hydrogen-bond donors (Lipinski definition) is 3. The van der Waals surface area contributed by atoms with Crippen molar-refractivity contribution < 1.29 is 4.74 Å². The summed E-state index contributed by atoms with van der Waals surface area (Å²) in [5.41, 5.74) is 2.36. The van der Waals surface area contributed by atoms with Crippen LogP contribution in [0.15, 0.2) is 18.7 Å². The van der Waals surface area contributed by atoms with Gasteiger partial charge in [0.05, 0.1) is 13.4 Å². The van der Waals surface area contributed by atoms with E-state index in [0.29, 0.717) is 5.95 Å². The first-order valence-corrected chi connectivity index (χ1v) is 5.78. The molecule has 0 saturated heterocycles. The fourth-order valence-electron chi connectivity index (χ4n) is 1.47. The van der Waals surface area contributed by atoms with Gasteiger partial charge in [0, 0.05) is 25.5 Å². The molecule has 102 valence electrons. The third kappa shape index (κ3) is 3.78. The second-order valence-electron chi connectivity index (χ2n) is 3.69. The highest BCUT2D eigenvalue weighted by molar-refractivity contribution is 5.34. The Morgan fingerprint density at radius 2 is 2.16 bits per heavy atom. The zero-order chi connectivity index (χ0) is 13.5. The fraction of sp³-hybridized carbons (Fsp3) is 0.400. The van der Waals surface area contributed by atoms with Gasteiger partial charge in [-0.05, 0) is 6.42 Å². The van der Waals surface area contributed by atoms with Gasteiger partial charge in [0.25, 0.3) is 0 Å². The minimum atomic E-state index is 0.208. The molecule has 0 unspecified atom stereocenters. The number of rotatable bonds is 7. The van der Waals surface area contributed by atoms with Crippen LogP contribution in [0.5, 0.6) is 6.01 Å². The molecular weight excluding hydrogens is 248 g/mol. The van der Waals surface area contributed by atoms with Crippen LogP contribution in [0.2, 0.25) is 0 Å². The maximum atomic E-state index is 5.26. The van der Waals surface area contributed by atoms with Crippen molar-refractivity contribution in [1.82, 2.24) is 24.5 Å². The maximum Gasteiger partial charge on any atom is 0.322 e. The Labute approximate surface area is 110 Å². The van der Waals surface area contributed by atoms with Gasteiger partial charge >= 0.3 is 6.01 Å². The molecule has 0 saturated carbocycles. The molecule has 0 aliphatic heterocycles. The van der Waals surface area contributed by atoms with Gasteiger partial charge in [-0.1, -0.05) is 0 Å². The highest BCUT2D eigenvalue weighted by atomic mass is 16.5. The molecule has 2 aromatic rings. The van der Waals surface area contributed by atoms with Gasteiger partial charge in [-0.15, -0.1) is 0 Å². The van der Waals surface area contributed by atoms with E-state index in [1.54, 1.807) is 12.5 Å². The lowest BCUT2D eigenvalue weighted by Crippen LogP contribution is -2.15. The average molecular weight is 264 g/mol. The molecule has 4 N–H and O–H groups in total. The Bertz CT molecular complexity index is 478. The van der Waals surface area contributed by atoms with Crippen LogP contribution in [0.1, 0.15) is 6.42 Å². The number of nitrogens with one attached hydrogen (secondary N) is 2. The Hall–Kier alpha value is -2.42. The molecule has 0 spiro atoms. The highest BCUT2D eigenvalue weighted by Crippen LogP contribution is 2.09. The monoisotopic (exact) mass is 264 g/mol. The van der Waals surface area contributed by atoms with Gasteiger partial charge in [0.2, 0.25) is 11.9 Å². The molecule has 2 aromatic heterocycles. The van der Waals surface area contributed by atoms with E-state index in [0.717, 1.165) is 19.5 Å². The van der Waals surface area contributed by atoms with E-state index in [1.807, 2.05) is 10.8 Å². The van der Waals surface area contributed by atoms with Crippen molar-refractivity contribution in [3.8, 4) is 6.01 Å². The van der Waals surface area contributed by atoms with Crippen LogP contribution in [0.4, 0.5) is 11.9 Å². The first-order chi connectivity index (χ1) is 9.31. The van der Waals surface area contributed by atoms with Crippen LogP contribution in [-0.2, 0) is 6.54 Å². The lowest BCUT2D eigenvalue weighted by atomic mass is 10.4. The van der Waals surface area contributed by atoms with Crippen molar-refractivity contribution in [2.45, 2.75) is 13.0 Å². The standard InChI is InChI=1S/C10H16N8O/c1-19-10-15-8(14-9(16-10)17-11)13-3-2-5-18-6-4-12-7-18/h4,6-7H,2-3,5,11H2,1H3,(H2,13,14,15,16,17). The Balaban J connectivity index is 1.84. The van der Waals surface area contributed by atoms with Crippen molar-refractivity contribution >= 4 is 11.9 Å². The predicted octanol–water partition coefficient (Wildman–Crippen LogP) is -0.135. The molecule has 0 fully saturated rings. The molecule has 0 aliphatic rings. The Kier molecular flexibility index (Phi) is 4.45. The van der Waals surface area contributed by atoms with Crippen molar-refractivity contribution in [3.05, 3.63) is 18.7 Å². The lowest BCUT2D eigenvalue weighted by molar-refractivity contribution is 0.379. The predicted molar refractivity (Wildman–Crippen MR) is 69.5 cm³/mol. The number of aryl methyl sites for hydroxylation is 1. The molecule has 0 amide bonds. The molecule has 9 nitrogen and oxygen atoms in total. The third-order valence-corrected chi connectivity index (χ3v) is 2.36. The second kappa shape index (κ2) is 6.50. The van der Waals surface area contributed by atoms with E-state index in [9.17, 15) is 0 Å². The van der Waals surface area contributed by atoms with E-state index >= 15 is 0 Å². The van der Waals surface area contributed by atoms with Crippen LogP contribution >= 0.6 is 0 Å². The number of imidazole rings is 1. The number of anilines is 2. The summed E-state index contributed by atoms with van der Waals surface area (Å²) in [6.45, 7) is 1.59. The Morgan fingerprint density at radius 3 is 2.84 bits per heavy atom. The summed E-state index contributed by atoms with van der Waals surface area (Å²) in [5.74, 6) is 5.94. The summed E-state index contributed by atoms with van der Waals surface area (Å²) in [6.07, 6.45) is 6.37. The zero-order valence-electron chi connectivity index (χ0n) is 10.6. The second-order valence-corrected chi connectivity index (χ2v) is 3.69. The van der Waals surface area contributed by atoms with Crippen LogP contribution in [0.25, 0.3) is 0 Å². The number of hydrazine groups is 1. The molecule has 0 atom stereocenters. The maximum absolute atomic E-state index is 5.26. The molecule has 2 heterocycles. The molecule has 9 heteroatoms. The van der Waals surface area contributed by atoms with E-state index in [1.165, 1.54) is 7.11 Å². The van der Waals surface area contributed by atoms with E-state index in [-0.39, 0.29) is 12.0 Å². The number of nitrogens with two attached hydrogens (primary N) is 1. The lowest BCUT2D eigenvalue weighted by Gasteiger charge is -2.07. The fourth-order valence-corrected chi connectivity index (χ4v) is 1.47. The van der Waals surface area contributed by atoms with Crippen molar-refractivity contribution in [3.63, 3.8) is 0 Å². The quantitative estimate of drug-likeness (QED) is 0.359. The molecule has 0 aliphatic carbocycles. The van der Waals surface area contributed by atoms with E-state index < -0.39 is 0 Å². The molecule has 0 bridgehead atoms. The van der Waals surface area contributed by atoms with Gasteiger partial charge in [-0.3, -0.25) is 5.43 Å². The first-order valence-electron chi connectivity index (χ1n) is 5.78. The van der Waals surface area contributed by atoms with Crippen molar-refractivity contribution in [1.29, 1.82) is 0 Å². The first kappa shape index (κ1) is 13.0. The smallest absolute Gasteiger partial charge is 0.322 e. The van der Waals surface area contributed by atoms with Gasteiger partial charge in [0.1, 0.15) is 0 Å².